The standard InChI is InChI=1S/C26H29FN2O3/c1-28-26(30)25(19-7-5-4-6-8-19)29-22(15-11-18-9-13-21(27)14-10-18)20-12-16-23(31-2)24(17-20)32-3/h4-10,12-14,16-17,22,25,29H,11,15H2,1-3H3,(H,28,30)/t22-,25+/m1/s1. The maximum absolute atomic E-state index is 13.3. The van der Waals surface area contributed by atoms with E-state index in [0.717, 1.165) is 16.7 Å². The lowest BCUT2D eigenvalue weighted by atomic mass is 9.96. The normalized spacial score (nSPS) is 12.6. The molecule has 0 saturated heterocycles. The molecule has 3 rings (SSSR count). The van der Waals surface area contributed by atoms with Gasteiger partial charge in [-0.3, -0.25) is 10.1 Å². The summed E-state index contributed by atoms with van der Waals surface area (Å²) in [6.07, 6.45) is 1.41. The highest BCUT2D eigenvalue weighted by Crippen LogP contribution is 2.32. The van der Waals surface area contributed by atoms with E-state index in [4.69, 9.17) is 9.47 Å². The molecule has 0 radical (unpaired) electrons. The molecule has 3 aromatic rings. The highest BCUT2D eigenvalue weighted by Gasteiger charge is 2.24. The molecule has 0 heterocycles. The molecule has 0 unspecified atom stereocenters. The van der Waals surface area contributed by atoms with Gasteiger partial charge >= 0.3 is 0 Å². The maximum atomic E-state index is 13.3. The van der Waals surface area contributed by atoms with E-state index in [1.165, 1.54) is 12.1 Å². The SMILES string of the molecule is CNC(=O)[C@@H](N[C@H](CCc1ccc(F)cc1)c1ccc(OC)c(OC)c1)c1ccccc1. The Labute approximate surface area is 188 Å². The molecule has 5 nitrogen and oxygen atoms in total. The zero-order chi connectivity index (χ0) is 22.9. The summed E-state index contributed by atoms with van der Waals surface area (Å²) in [5.41, 5.74) is 2.86. The van der Waals surface area contributed by atoms with E-state index in [1.54, 1.807) is 33.4 Å². The van der Waals surface area contributed by atoms with E-state index in [9.17, 15) is 9.18 Å². The Balaban J connectivity index is 1.93. The zero-order valence-corrected chi connectivity index (χ0v) is 18.6. The molecule has 3 aromatic carbocycles. The fraction of sp³-hybridized carbons (Fsp3) is 0.269. The third kappa shape index (κ3) is 5.86. The zero-order valence-electron chi connectivity index (χ0n) is 18.6. The van der Waals surface area contributed by atoms with Crippen molar-refractivity contribution < 1.29 is 18.7 Å². The first-order valence-corrected chi connectivity index (χ1v) is 10.5. The van der Waals surface area contributed by atoms with Gasteiger partial charge in [-0.1, -0.05) is 48.5 Å². The summed E-state index contributed by atoms with van der Waals surface area (Å²) in [6.45, 7) is 0. The summed E-state index contributed by atoms with van der Waals surface area (Å²) < 4.78 is 24.2. The van der Waals surface area contributed by atoms with Crippen LogP contribution in [0.3, 0.4) is 0 Å². The Morgan fingerprint density at radius 1 is 0.906 bits per heavy atom. The number of halogens is 1. The van der Waals surface area contributed by atoms with E-state index >= 15 is 0 Å². The van der Waals surface area contributed by atoms with Crippen LogP contribution in [-0.4, -0.2) is 27.2 Å². The van der Waals surface area contributed by atoms with Crippen LogP contribution in [0.1, 0.15) is 35.2 Å². The first-order valence-electron chi connectivity index (χ1n) is 10.5. The van der Waals surface area contributed by atoms with Crippen molar-refractivity contribution in [2.75, 3.05) is 21.3 Å². The van der Waals surface area contributed by atoms with Crippen molar-refractivity contribution in [3.8, 4) is 11.5 Å². The molecule has 2 N–H and O–H groups in total. The second-order valence-electron chi connectivity index (χ2n) is 7.46. The number of benzene rings is 3. The van der Waals surface area contributed by atoms with Crippen molar-refractivity contribution in [1.29, 1.82) is 0 Å². The van der Waals surface area contributed by atoms with Gasteiger partial charge in [-0.25, -0.2) is 4.39 Å². The number of nitrogens with one attached hydrogen (secondary N) is 2. The van der Waals surface area contributed by atoms with Gasteiger partial charge in [0.1, 0.15) is 11.9 Å². The van der Waals surface area contributed by atoms with E-state index in [2.05, 4.69) is 10.6 Å². The average molecular weight is 437 g/mol. The molecular formula is C26H29FN2O3. The second kappa shape index (κ2) is 11.3. The van der Waals surface area contributed by atoms with Crippen molar-refractivity contribution in [2.24, 2.45) is 0 Å². The monoisotopic (exact) mass is 436 g/mol. The molecule has 1 amide bonds. The molecule has 0 fully saturated rings. The number of aryl methyl sites for hydroxylation is 1. The van der Waals surface area contributed by atoms with Crippen molar-refractivity contribution in [3.05, 3.63) is 95.3 Å². The van der Waals surface area contributed by atoms with Crippen LogP contribution >= 0.6 is 0 Å². The number of amides is 1. The lowest BCUT2D eigenvalue weighted by molar-refractivity contribution is -0.123. The van der Waals surface area contributed by atoms with Crippen LogP contribution in [0.25, 0.3) is 0 Å². The van der Waals surface area contributed by atoms with Crippen molar-refractivity contribution >= 4 is 5.91 Å². The number of hydrogen-bond acceptors (Lipinski definition) is 4. The molecule has 0 aliphatic rings. The molecule has 0 aliphatic heterocycles. The summed E-state index contributed by atoms with van der Waals surface area (Å²) >= 11 is 0. The number of likely N-dealkylation sites (N-methyl/N-ethyl adjacent to an activating group) is 1. The Bertz CT molecular complexity index is 1010. The Hall–Kier alpha value is -3.38. The van der Waals surface area contributed by atoms with Gasteiger partial charge in [-0.05, 0) is 53.8 Å². The smallest absolute Gasteiger partial charge is 0.241 e. The van der Waals surface area contributed by atoms with Crippen LogP contribution in [0.4, 0.5) is 4.39 Å². The number of rotatable bonds is 10. The fourth-order valence-electron chi connectivity index (χ4n) is 3.69. The van der Waals surface area contributed by atoms with Gasteiger partial charge in [0.2, 0.25) is 5.91 Å². The first kappa shape index (κ1) is 23.3. The molecular weight excluding hydrogens is 407 g/mol. The molecule has 6 heteroatoms. The molecule has 0 aromatic heterocycles. The predicted molar refractivity (Wildman–Crippen MR) is 123 cm³/mol. The number of carbonyl (C=O) groups is 1. The number of hydrogen-bond donors (Lipinski definition) is 2. The van der Waals surface area contributed by atoms with Gasteiger partial charge in [0.25, 0.3) is 0 Å². The van der Waals surface area contributed by atoms with Crippen LogP contribution in [0.5, 0.6) is 11.5 Å². The minimum absolute atomic E-state index is 0.122. The quantitative estimate of drug-likeness (QED) is 0.488. The summed E-state index contributed by atoms with van der Waals surface area (Å²) in [4.78, 5) is 12.8. The summed E-state index contributed by atoms with van der Waals surface area (Å²) in [5, 5.41) is 6.28. The number of carbonyl (C=O) groups excluding carboxylic acids is 1. The van der Waals surface area contributed by atoms with E-state index < -0.39 is 6.04 Å². The Kier molecular flexibility index (Phi) is 8.22. The number of methoxy groups -OCH3 is 2. The fourth-order valence-corrected chi connectivity index (χ4v) is 3.69. The van der Waals surface area contributed by atoms with Crippen LogP contribution in [-0.2, 0) is 11.2 Å². The van der Waals surface area contributed by atoms with Gasteiger partial charge in [-0.15, -0.1) is 0 Å². The van der Waals surface area contributed by atoms with Gasteiger partial charge in [0, 0.05) is 13.1 Å². The van der Waals surface area contributed by atoms with Crippen molar-refractivity contribution in [2.45, 2.75) is 24.9 Å². The summed E-state index contributed by atoms with van der Waals surface area (Å²) in [6, 6.07) is 21.2. The topological polar surface area (TPSA) is 59.6 Å². The van der Waals surface area contributed by atoms with Gasteiger partial charge in [-0.2, -0.15) is 0 Å². The maximum Gasteiger partial charge on any atom is 0.241 e. The molecule has 2 atom stereocenters. The summed E-state index contributed by atoms with van der Waals surface area (Å²) in [5.74, 6) is 0.879. The Morgan fingerprint density at radius 2 is 1.59 bits per heavy atom. The second-order valence-corrected chi connectivity index (χ2v) is 7.46. The van der Waals surface area contributed by atoms with Crippen LogP contribution < -0.4 is 20.1 Å². The predicted octanol–water partition coefficient (Wildman–Crippen LogP) is 4.59. The lowest BCUT2D eigenvalue weighted by Crippen LogP contribution is -2.38. The lowest BCUT2D eigenvalue weighted by Gasteiger charge is -2.26. The molecule has 32 heavy (non-hydrogen) atoms. The molecule has 0 aliphatic carbocycles. The average Bonchev–Trinajstić information content (AvgIpc) is 2.85. The Morgan fingerprint density at radius 3 is 2.22 bits per heavy atom. The van der Waals surface area contributed by atoms with E-state index in [1.807, 2.05) is 48.5 Å². The van der Waals surface area contributed by atoms with Crippen LogP contribution in [0, 0.1) is 5.82 Å². The molecule has 168 valence electrons. The minimum atomic E-state index is -0.535. The minimum Gasteiger partial charge on any atom is -0.493 e. The van der Waals surface area contributed by atoms with E-state index in [0.29, 0.717) is 24.3 Å². The molecule has 0 spiro atoms. The van der Waals surface area contributed by atoms with E-state index in [-0.39, 0.29) is 17.8 Å². The highest BCUT2D eigenvalue weighted by atomic mass is 19.1. The highest BCUT2D eigenvalue weighted by molar-refractivity contribution is 5.83. The van der Waals surface area contributed by atoms with Gasteiger partial charge in [0.05, 0.1) is 14.2 Å². The largest absolute Gasteiger partial charge is 0.493 e. The third-order valence-corrected chi connectivity index (χ3v) is 5.45. The van der Waals surface area contributed by atoms with Crippen molar-refractivity contribution in [3.63, 3.8) is 0 Å². The van der Waals surface area contributed by atoms with Crippen LogP contribution in [0.2, 0.25) is 0 Å². The van der Waals surface area contributed by atoms with Gasteiger partial charge in [0.15, 0.2) is 11.5 Å². The third-order valence-electron chi connectivity index (χ3n) is 5.45. The number of ether oxygens (including phenoxy) is 2. The first-order chi connectivity index (χ1) is 15.5. The van der Waals surface area contributed by atoms with Crippen molar-refractivity contribution in [1.82, 2.24) is 10.6 Å². The molecule has 0 bridgehead atoms. The molecule has 0 saturated carbocycles. The van der Waals surface area contributed by atoms with Crippen LogP contribution in [0.15, 0.2) is 72.8 Å². The summed E-state index contributed by atoms with van der Waals surface area (Å²) in [7, 11) is 4.82. The van der Waals surface area contributed by atoms with Gasteiger partial charge < -0.3 is 14.8 Å².